The van der Waals surface area contributed by atoms with E-state index in [2.05, 4.69) is 20.4 Å². The highest BCUT2D eigenvalue weighted by Crippen LogP contribution is 2.26. The monoisotopic (exact) mass is 389 g/mol. The fraction of sp³-hybridized carbons (Fsp3) is 0.333. The highest BCUT2D eigenvalue weighted by Gasteiger charge is 2.25. The van der Waals surface area contributed by atoms with Crippen molar-refractivity contribution in [2.75, 3.05) is 13.2 Å². The molecule has 0 saturated heterocycles. The lowest BCUT2D eigenvalue weighted by molar-refractivity contribution is 0.0940. The first-order valence-corrected chi connectivity index (χ1v) is 8.73. The first kappa shape index (κ1) is 18.2. The molecular weight excluding hydrogens is 372 g/mol. The van der Waals surface area contributed by atoms with Gasteiger partial charge in [-0.25, -0.2) is 13.8 Å². The molecule has 3 aromatic rings. The second-order valence-corrected chi connectivity index (χ2v) is 6.29. The molecule has 28 heavy (non-hydrogen) atoms. The van der Waals surface area contributed by atoms with Crippen molar-refractivity contribution in [3.8, 4) is 11.4 Å². The van der Waals surface area contributed by atoms with E-state index in [1.165, 1.54) is 6.07 Å². The summed E-state index contributed by atoms with van der Waals surface area (Å²) in [6.07, 6.45) is 0.471. The molecule has 1 N–H and O–H groups in total. The van der Waals surface area contributed by atoms with Gasteiger partial charge in [0.15, 0.2) is 17.5 Å². The van der Waals surface area contributed by atoms with Gasteiger partial charge in [-0.15, -0.1) is 0 Å². The number of ether oxygens (including phenoxy) is 1. The summed E-state index contributed by atoms with van der Waals surface area (Å²) in [5, 5.41) is 6.37. The Hall–Kier alpha value is -3.14. The van der Waals surface area contributed by atoms with E-state index in [-0.39, 0.29) is 18.1 Å². The van der Waals surface area contributed by atoms with Crippen LogP contribution in [-0.4, -0.2) is 38.8 Å². The Kier molecular flexibility index (Phi) is 4.86. The molecule has 2 aromatic heterocycles. The van der Waals surface area contributed by atoms with Crippen LogP contribution in [-0.2, 0) is 24.2 Å². The second kappa shape index (κ2) is 7.47. The van der Waals surface area contributed by atoms with E-state index in [1.54, 1.807) is 6.92 Å². The maximum Gasteiger partial charge on any atom is 0.272 e. The first-order chi connectivity index (χ1) is 13.5. The Bertz CT molecular complexity index is 1030. The largest absolute Gasteiger partial charge is 0.379 e. The summed E-state index contributed by atoms with van der Waals surface area (Å²) in [6, 6.07) is 3.54. The van der Waals surface area contributed by atoms with Crippen LogP contribution in [0.1, 0.15) is 27.9 Å². The van der Waals surface area contributed by atoms with Crippen LogP contribution in [0.15, 0.2) is 22.7 Å². The van der Waals surface area contributed by atoms with Crippen LogP contribution < -0.4 is 5.32 Å². The predicted octanol–water partition coefficient (Wildman–Crippen LogP) is 2.02. The normalized spacial score (nSPS) is 13.8. The van der Waals surface area contributed by atoms with Crippen LogP contribution in [0, 0.1) is 18.6 Å². The Balaban J connectivity index is 1.67. The molecule has 0 saturated carbocycles. The molecule has 0 bridgehead atoms. The number of nitrogens with zero attached hydrogens (tertiary/aromatic N) is 4. The van der Waals surface area contributed by atoms with Gasteiger partial charge in [0.25, 0.3) is 5.91 Å². The number of aromatic nitrogens is 4. The standard InChI is InChI=1S/C18H17F2N5O3/c1-10-22-15(28-24-10)9-21-18(26)16-14-4-6-27-7-5-25(14)17(23-16)11-2-3-12(19)13(20)8-11/h2-3,8H,4-7,9H2,1H3,(H,21,26). The summed E-state index contributed by atoms with van der Waals surface area (Å²) in [5.74, 6) is -1.20. The average molecular weight is 389 g/mol. The summed E-state index contributed by atoms with van der Waals surface area (Å²) in [5.41, 5.74) is 1.27. The molecular formula is C18H17F2N5O3. The van der Waals surface area contributed by atoms with Gasteiger partial charge in [0, 0.05) is 18.5 Å². The van der Waals surface area contributed by atoms with Crippen molar-refractivity contribution in [1.29, 1.82) is 0 Å². The molecule has 1 aliphatic rings. The van der Waals surface area contributed by atoms with Crippen molar-refractivity contribution in [1.82, 2.24) is 25.0 Å². The number of carbonyl (C=O) groups is 1. The number of nitrogens with one attached hydrogen (secondary N) is 1. The number of imidazole rings is 1. The van der Waals surface area contributed by atoms with E-state index >= 15 is 0 Å². The van der Waals surface area contributed by atoms with Crippen LogP contribution in [0.25, 0.3) is 11.4 Å². The van der Waals surface area contributed by atoms with Crippen LogP contribution >= 0.6 is 0 Å². The zero-order valence-electron chi connectivity index (χ0n) is 15.0. The highest BCUT2D eigenvalue weighted by molar-refractivity contribution is 5.94. The van der Waals surface area contributed by atoms with E-state index in [0.29, 0.717) is 49.1 Å². The fourth-order valence-corrected chi connectivity index (χ4v) is 3.10. The third kappa shape index (κ3) is 3.50. The smallest absolute Gasteiger partial charge is 0.272 e. The minimum atomic E-state index is -0.975. The summed E-state index contributed by atoms with van der Waals surface area (Å²) in [4.78, 5) is 21.2. The molecule has 146 valence electrons. The SMILES string of the molecule is Cc1noc(CNC(=O)c2nc(-c3ccc(F)c(F)c3)n3c2CCOCC3)n1. The van der Waals surface area contributed by atoms with Gasteiger partial charge in [0.05, 0.1) is 25.5 Å². The lowest BCUT2D eigenvalue weighted by Gasteiger charge is -2.08. The molecule has 4 rings (SSSR count). The number of hydrogen-bond donors (Lipinski definition) is 1. The van der Waals surface area contributed by atoms with Gasteiger partial charge in [-0.2, -0.15) is 4.98 Å². The lowest BCUT2D eigenvalue weighted by Crippen LogP contribution is -2.25. The van der Waals surface area contributed by atoms with E-state index in [1.807, 2.05) is 4.57 Å². The molecule has 1 aliphatic heterocycles. The minimum Gasteiger partial charge on any atom is -0.379 e. The first-order valence-electron chi connectivity index (χ1n) is 8.73. The molecule has 1 aromatic carbocycles. The van der Waals surface area contributed by atoms with E-state index < -0.39 is 17.5 Å². The van der Waals surface area contributed by atoms with Crippen LogP contribution in [0.4, 0.5) is 8.78 Å². The van der Waals surface area contributed by atoms with Crippen LogP contribution in [0.3, 0.4) is 0 Å². The van der Waals surface area contributed by atoms with Gasteiger partial charge in [0.1, 0.15) is 11.5 Å². The zero-order valence-corrected chi connectivity index (χ0v) is 15.0. The maximum atomic E-state index is 13.7. The zero-order chi connectivity index (χ0) is 19.7. The highest BCUT2D eigenvalue weighted by atomic mass is 19.2. The van der Waals surface area contributed by atoms with Crippen molar-refractivity contribution < 1.29 is 22.8 Å². The number of halogens is 2. The quantitative estimate of drug-likeness (QED) is 0.734. The fourth-order valence-electron chi connectivity index (χ4n) is 3.10. The maximum absolute atomic E-state index is 13.7. The molecule has 10 heteroatoms. The van der Waals surface area contributed by atoms with E-state index in [0.717, 1.165) is 12.1 Å². The summed E-state index contributed by atoms with van der Waals surface area (Å²) in [7, 11) is 0. The second-order valence-electron chi connectivity index (χ2n) is 6.29. The lowest BCUT2D eigenvalue weighted by atomic mass is 10.2. The Labute approximate surface area is 158 Å². The number of carbonyl (C=O) groups excluding carboxylic acids is 1. The van der Waals surface area contributed by atoms with Gasteiger partial charge in [-0.05, 0) is 25.1 Å². The predicted molar refractivity (Wildman–Crippen MR) is 92.3 cm³/mol. The average Bonchev–Trinajstić information content (AvgIpc) is 3.17. The van der Waals surface area contributed by atoms with E-state index in [9.17, 15) is 13.6 Å². The number of amides is 1. The Morgan fingerprint density at radius 3 is 2.86 bits per heavy atom. The van der Waals surface area contributed by atoms with Crippen molar-refractivity contribution in [2.24, 2.45) is 0 Å². The molecule has 0 fully saturated rings. The van der Waals surface area contributed by atoms with Crippen LogP contribution in [0.5, 0.6) is 0 Å². The number of fused-ring (bicyclic) bond motifs is 1. The summed E-state index contributed by atoms with van der Waals surface area (Å²) < 4.78 is 39.3. The summed E-state index contributed by atoms with van der Waals surface area (Å²) in [6.45, 7) is 3.06. The summed E-state index contributed by atoms with van der Waals surface area (Å²) >= 11 is 0. The van der Waals surface area contributed by atoms with Crippen molar-refractivity contribution in [2.45, 2.75) is 26.4 Å². The van der Waals surface area contributed by atoms with Gasteiger partial charge in [-0.1, -0.05) is 5.16 Å². The van der Waals surface area contributed by atoms with Crippen molar-refractivity contribution in [3.63, 3.8) is 0 Å². The molecule has 0 atom stereocenters. The van der Waals surface area contributed by atoms with Gasteiger partial charge >= 0.3 is 0 Å². The number of aryl methyl sites for hydroxylation is 1. The third-order valence-electron chi connectivity index (χ3n) is 4.38. The third-order valence-corrected chi connectivity index (χ3v) is 4.38. The Morgan fingerprint density at radius 2 is 2.11 bits per heavy atom. The number of hydrogen-bond acceptors (Lipinski definition) is 6. The minimum absolute atomic E-state index is 0.0585. The van der Waals surface area contributed by atoms with Crippen molar-refractivity contribution in [3.05, 3.63) is 52.9 Å². The van der Waals surface area contributed by atoms with E-state index in [4.69, 9.17) is 9.26 Å². The van der Waals surface area contributed by atoms with Gasteiger partial charge in [-0.3, -0.25) is 4.79 Å². The van der Waals surface area contributed by atoms with Gasteiger partial charge < -0.3 is 19.1 Å². The molecule has 0 radical (unpaired) electrons. The van der Waals surface area contributed by atoms with Crippen molar-refractivity contribution >= 4 is 5.91 Å². The molecule has 0 spiro atoms. The Morgan fingerprint density at radius 1 is 1.25 bits per heavy atom. The number of rotatable bonds is 4. The topological polar surface area (TPSA) is 95.1 Å². The molecule has 8 nitrogen and oxygen atoms in total. The number of benzene rings is 1. The molecule has 0 unspecified atom stereocenters. The van der Waals surface area contributed by atoms with Crippen LogP contribution in [0.2, 0.25) is 0 Å². The molecule has 3 heterocycles. The van der Waals surface area contributed by atoms with Gasteiger partial charge in [0.2, 0.25) is 5.89 Å². The molecule has 1 amide bonds. The molecule has 0 aliphatic carbocycles.